The van der Waals surface area contributed by atoms with E-state index in [1.165, 1.54) is 0 Å². The fraction of sp³-hybridized carbons (Fsp3) is 0.263. The zero-order valence-corrected chi connectivity index (χ0v) is 15.2. The Balaban J connectivity index is 1.66. The van der Waals surface area contributed by atoms with Gasteiger partial charge in [0.2, 0.25) is 0 Å². The van der Waals surface area contributed by atoms with Gasteiger partial charge in [0, 0.05) is 41.6 Å². The molecule has 138 valence electrons. The normalized spacial score (nSPS) is 20.4. The van der Waals surface area contributed by atoms with E-state index in [9.17, 15) is 4.39 Å². The molecule has 1 aliphatic rings. The van der Waals surface area contributed by atoms with Crippen molar-refractivity contribution in [3.8, 4) is 11.3 Å². The predicted molar refractivity (Wildman–Crippen MR) is 105 cm³/mol. The summed E-state index contributed by atoms with van der Waals surface area (Å²) in [6.07, 6.45) is 4.89. The van der Waals surface area contributed by atoms with Crippen LogP contribution in [0.2, 0.25) is 5.15 Å². The third-order valence-corrected chi connectivity index (χ3v) is 5.41. The van der Waals surface area contributed by atoms with Gasteiger partial charge in [0.15, 0.2) is 11.5 Å². The van der Waals surface area contributed by atoms with Crippen molar-refractivity contribution in [3.05, 3.63) is 48.0 Å². The summed E-state index contributed by atoms with van der Waals surface area (Å²) in [5.74, 6) is 0.529. The number of hydrogen-bond donors (Lipinski definition) is 3. The number of aromatic nitrogens is 4. The van der Waals surface area contributed by atoms with E-state index in [0.29, 0.717) is 41.8 Å². The number of halogens is 2. The summed E-state index contributed by atoms with van der Waals surface area (Å²) in [6.45, 7) is 1.23. The standard InChI is InChI=1S/C19H18ClFN6/c20-17-16(12-9-24-14-4-2-1-3-11(12)14)26-18(19-23-7-8-27(17)19)25-15-10-22-6-5-13(15)21/h1-4,7-9,13,15,22,24H,5-6,10H2,(H,25,26)/t13-,15+/m1/s1. The van der Waals surface area contributed by atoms with Crippen molar-refractivity contribution in [1.82, 2.24) is 24.7 Å². The number of para-hydroxylation sites is 1. The van der Waals surface area contributed by atoms with Gasteiger partial charge in [-0.2, -0.15) is 0 Å². The monoisotopic (exact) mass is 384 g/mol. The molecule has 0 unspecified atom stereocenters. The first kappa shape index (κ1) is 16.5. The highest BCUT2D eigenvalue weighted by molar-refractivity contribution is 6.32. The van der Waals surface area contributed by atoms with Gasteiger partial charge in [-0.25, -0.2) is 14.4 Å². The van der Waals surface area contributed by atoms with Gasteiger partial charge in [0.05, 0.1) is 6.04 Å². The van der Waals surface area contributed by atoms with Crippen molar-refractivity contribution in [2.75, 3.05) is 18.4 Å². The lowest BCUT2D eigenvalue weighted by atomic mass is 10.1. The van der Waals surface area contributed by atoms with E-state index in [-0.39, 0.29) is 6.04 Å². The molecule has 4 aromatic rings. The molecule has 0 bridgehead atoms. The second-order valence-corrected chi connectivity index (χ2v) is 7.09. The number of aromatic amines is 1. The number of nitrogens with one attached hydrogen (secondary N) is 3. The molecule has 27 heavy (non-hydrogen) atoms. The van der Waals surface area contributed by atoms with E-state index in [1.54, 1.807) is 16.8 Å². The summed E-state index contributed by atoms with van der Waals surface area (Å²) < 4.78 is 16.1. The summed E-state index contributed by atoms with van der Waals surface area (Å²) in [4.78, 5) is 12.4. The lowest BCUT2D eigenvalue weighted by molar-refractivity contribution is 0.241. The summed E-state index contributed by atoms with van der Waals surface area (Å²) in [5.41, 5.74) is 3.11. The van der Waals surface area contributed by atoms with Crippen LogP contribution in [-0.4, -0.2) is 44.7 Å². The molecule has 0 spiro atoms. The summed E-state index contributed by atoms with van der Waals surface area (Å²) in [6, 6.07) is 7.62. The average molecular weight is 385 g/mol. The Labute approximate surface area is 159 Å². The van der Waals surface area contributed by atoms with Crippen LogP contribution in [0, 0.1) is 0 Å². The maximum Gasteiger partial charge on any atom is 0.181 e. The lowest BCUT2D eigenvalue weighted by Gasteiger charge is -2.28. The first-order chi connectivity index (χ1) is 13.2. The van der Waals surface area contributed by atoms with Crippen LogP contribution in [0.3, 0.4) is 0 Å². The molecule has 1 aromatic carbocycles. The van der Waals surface area contributed by atoms with E-state index < -0.39 is 6.17 Å². The van der Waals surface area contributed by atoms with E-state index >= 15 is 0 Å². The highest BCUT2D eigenvalue weighted by Gasteiger charge is 2.26. The minimum absolute atomic E-state index is 0.358. The van der Waals surface area contributed by atoms with E-state index in [0.717, 1.165) is 16.5 Å². The zero-order chi connectivity index (χ0) is 18.4. The zero-order valence-electron chi connectivity index (χ0n) is 14.4. The third kappa shape index (κ3) is 2.74. The van der Waals surface area contributed by atoms with E-state index in [1.807, 2.05) is 30.5 Å². The van der Waals surface area contributed by atoms with Gasteiger partial charge >= 0.3 is 0 Å². The second kappa shape index (κ2) is 6.51. The van der Waals surface area contributed by atoms with Crippen molar-refractivity contribution in [1.29, 1.82) is 0 Å². The summed E-state index contributed by atoms with van der Waals surface area (Å²) >= 11 is 6.65. The van der Waals surface area contributed by atoms with Crippen molar-refractivity contribution in [3.63, 3.8) is 0 Å². The first-order valence-electron chi connectivity index (χ1n) is 8.93. The number of imidazole rings is 1. The van der Waals surface area contributed by atoms with Crippen LogP contribution in [0.4, 0.5) is 10.2 Å². The van der Waals surface area contributed by atoms with Crippen LogP contribution in [0.5, 0.6) is 0 Å². The average Bonchev–Trinajstić information content (AvgIpc) is 3.33. The first-order valence-corrected chi connectivity index (χ1v) is 9.30. The van der Waals surface area contributed by atoms with Gasteiger partial charge in [0.25, 0.3) is 0 Å². The number of piperidine rings is 1. The Hall–Kier alpha value is -2.64. The maximum atomic E-state index is 14.3. The molecule has 1 saturated heterocycles. The topological polar surface area (TPSA) is 70.0 Å². The molecule has 2 atom stereocenters. The molecule has 6 nitrogen and oxygen atoms in total. The van der Waals surface area contributed by atoms with Crippen LogP contribution in [0.1, 0.15) is 6.42 Å². The second-order valence-electron chi connectivity index (χ2n) is 6.73. The Kier molecular flexibility index (Phi) is 3.98. The Morgan fingerprint density at radius 2 is 2.19 bits per heavy atom. The van der Waals surface area contributed by atoms with Crippen LogP contribution in [0.25, 0.3) is 27.8 Å². The predicted octanol–water partition coefficient (Wildman–Crippen LogP) is 3.64. The molecule has 5 rings (SSSR count). The summed E-state index contributed by atoms with van der Waals surface area (Å²) in [7, 11) is 0. The number of hydrogen-bond acceptors (Lipinski definition) is 4. The van der Waals surface area contributed by atoms with Gasteiger partial charge in [-0.3, -0.25) is 4.40 Å². The fourth-order valence-corrected chi connectivity index (χ4v) is 3.92. The number of fused-ring (bicyclic) bond motifs is 2. The number of alkyl halides is 1. The van der Waals surface area contributed by atoms with Gasteiger partial charge in [-0.15, -0.1) is 0 Å². The molecule has 8 heteroatoms. The minimum atomic E-state index is -0.935. The molecule has 3 N–H and O–H groups in total. The highest BCUT2D eigenvalue weighted by Crippen LogP contribution is 2.34. The van der Waals surface area contributed by atoms with Crippen molar-refractivity contribution in [2.45, 2.75) is 18.6 Å². The SMILES string of the molecule is F[C@@H]1CCNC[C@@H]1Nc1nc(-c2c[nH]c3ccccc23)c(Cl)n2ccnc12. The molecule has 0 amide bonds. The molecule has 4 heterocycles. The van der Waals surface area contributed by atoms with Crippen LogP contribution in [0.15, 0.2) is 42.9 Å². The molecular weight excluding hydrogens is 367 g/mol. The Morgan fingerprint density at radius 3 is 3.07 bits per heavy atom. The smallest absolute Gasteiger partial charge is 0.181 e. The molecule has 0 saturated carbocycles. The number of benzene rings is 1. The quantitative estimate of drug-likeness (QED) is 0.504. The lowest BCUT2D eigenvalue weighted by Crippen LogP contribution is -2.46. The molecule has 1 aliphatic heterocycles. The molecule has 3 aromatic heterocycles. The van der Waals surface area contributed by atoms with Crippen LogP contribution < -0.4 is 10.6 Å². The number of H-pyrrole nitrogens is 1. The van der Waals surface area contributed by atoms with Crippen molar-refractivity contribution in [2.24, 2.45) is 0 Å². The number of anilines is 1. The summed E-state index contributed by atoms with van der Waals surface area (Å²) in [5, 5.41) is 7.95. The molecule has 1 fully saturated rings. The van der Waals surface area contributed by atoms with Crippen LogP contribution >= 0.6 is 11.6 Å². The number of rotatable bonds is 3. The largest absolute Gasteiger partial charge is 0.360 e. The highest BCUT2D eigenvalue weighted by atomic mass is 35.5. The van der Waals surface area contributed by atoms with Gasteiger partial charge in [-0.1, -0.05) is 29.8 Å². The Bertz CT molecular complexity index is 1120. The molecular formula is C19H18ClFN6. The third-order valence-electron chi connectivity index (χ3n) is 5.05. The van der Waals surface area contributed by atoms with Gasteiger partial charge in [-0.05, 0) is 19.0 Å². The van der Waals surface area contributed by atoms with Crippen LogP contribution in [-0.2, 0) is 0 Å². The van der Waals surface area contributed by atoms with E-state index in [2.05, 4.69) is 20.6 Å². The number of nitrogens with zero attached hydrogens (tertiary/aromatic N) is 3. The minimum Gasteiger partial charge on any atom is -0.360 e. The molecule has 0 radical (unpaired) electrons. The fourth-order valence-electron chi connectivity index (χ4n) is 3.64. The molecule has 0 aliphatic carbocycles. The van der Waals surface area contributed by atoms with Crippen molar-refractivity contribution < 1.29 is 4.39 Å². The van der Waals surface area contributed by atoms with Crippen molar-refractivity contribution >= 4 is 34.0 Å². The van der Waals surface area contributed by atoms with E-state index in [4.69, 9.17) is 16.6 Å². The Morgan fingerprint density at radius 1 is 1.30 bits per heavy atom. The van der Waals surface area contributed by atoms with Gasteiger partial charge in [0.1, 0.15) is 17.0 Å². The maximum absolute atomic E-state index is 14.3. The van der Waals surface area contributed by atoms with Gasteiger partial charge < -0.3 is 15.6 Å².